The first-order chi connectivity index (χ1) is 68.5. The number of pyridine rings is 4. The summed E-state index contributed by atoms with van der Waals surface area (Å²) in [5, 5.41) is 50.7. The molecular formula is C128H116Cl3K2N4O6Pt2. The molecule has 6 heterocycles. The van der Waals surface area contributed by atoms with E-state index in [1.165, 1.54) is 96.5 Å². The minimum absolute atomic E-state index is 0. The number of halogens is 3. The number of aromatic nitrogens is 4. The topological polar surface area (TPSA) is 159 Å². The first-order valence-electron chi connectivity index (χ1n) is 49.0. The van der Waals surface area contributed by atoms with E-state index in [9.17, 15) is 20.4 Å². The van der Waals surface area contributed by atoms with E-state index < -0.39 is 14.2 Å². The molecule has 20 aromatic rings. The maximum absolute atomic E-state index is 11.8. The smallest absolute Gasteiger partial charge is 0 e. The predicted octanol–water partition coefficient (Wildman–Crippen LogP) is 36.0. The summed E-state index contributed by atoms with van der Waals surface area (Å²) in [7, 11) is 14.9. The van der Waals surface area contributed by atoms with Gasteiger partial charge in [0.05, 0.1) is 45.6 Å². The number of rotatable bonds is 14. The number of para-hydroxylation sites is 2. The monoisotopic (exact) mass is 2380 g/mol. The van der Waals surface area contributed by atoms with Crippen molar-refractivity contribution in [3.63, 3.8) is 0 Å². The van der Waals surface area contributed by atoms with Crippen LogP contribution in [0.25, 0.3) is 201 Å². The van der Waals surface area contributed by atoms with Gasteiger partial charge in [0.15, 0.2) is 0 Å². The quantitative estimate of drug-likeness (QED) is 0.0772. The van der Waals surface area contributed by atoms with E-state index >= 15 is 0 Å². The molecule has 0 aliphatic heterocycles. The van der Waals surface area contributed by atoms with Gasteiger partial charge in [-0.2, -0.15) is 0 Å². The summed E-state index contributed by atoms with van der Waals surface area (Å²) in [6.45, 7) is 40.5. The molecule has 0 saturated carbocycles. The fourth-order valence-electron chi connectivity index (χ4n) is 18.6. The zero-order chi connectivity index (χ0) is 102. The van der Waals surface area contributed by atoms with Crippen LogP contribution in [0, 0.1) is 0 Å². The number of hydrogen-bond donors (Lipinski definition) is 4. The number of phenols is 4. The van der Waals surface area contributed by atoms with Gasteiger partial charge in [0.2, 0.25) is 0 Å². The van der Waals surface area contributed by atoms with Gasteiger partial charge in [-0.1, -0.05) is 343 Å². The molecule has 0 saturated heterocycles. The first-order valence-corrected chi connectivity index (χ1v) is 73.5. The van der Waals surface area contributed by atoms with Crippen molar-refractivity contribution < 1.29 is 64.5 Å². The maximum Gasteiger partial charge on any atom is 0 e. The van der Waals surface area contributed by atoms with E-state index in [0.717, 1.165) is 122 Å². The second-order valence-electron chi connectivity index (χ2n) is 43.1. The van der Waals surface area contributed by atoms with Crippen LogP contribution < -0.4 is 0 Å². The standard InChI is InChI=1S/2C64H58N2O3.3ClH.2K.2Pt/c2*1-62(2,3)44-29-42(30-45(34-44)63(4,5)6)43-32-55(52-38-60-50(37-58(52)68)47-23-16-17-26-59(47)69-60)66-56(33-43)54-25-18-24-53(65-54)51-31-41(27-28-57(51)67)61-48(39-19-12-10-13-20-39)35-46(64(7,8)9)36-49(61)40-21-14-11-15-22-40;;;;;;;/h2*10-38,67-68H,1-9H3;3*1H;;;;/q;;;;;;;;+3/p-3. The van der Waals surface area contributed by atoms with Gasteiger partial charge in [-0.25, -0.2) is 19.9 Å². The van der Waals surface area contributed by atoms with Crippen LogP contribution in [-0.2, 0) is 67.7 Å². The Labute approximate surface area is 929 Å². The van der Waals surface area contributed by atoms with Crippen molar-refractivity contribution >= 4 is 135 Å². The van der Waals surface area contributed by atoms with Crippen molar-refractivity contribution in [2.75, 3.05) is 0 Å². The average Bonchev–Trinajstić information content (AvgIpc) is 0.948. The molecule has 0 radical (unpaired) electrons. The van der Waals surface area contributed by atoms with Gasteiger partial charge in [-0.05, 0) is 288 Å². The van der Waals surface area contributed by atoms with Gasteiger partial charge < -0.3 is 29.3 Å². The van der Waals surface area contributed by atoms with E-state index in [0.29, 0.717) is 79.0 Å². The van der Waals surface area contributed by atoms with Crippen molar-refractivity contribution in [3.05, 3.63) is 385 Å². The van der Waals surface area contributed by atoms with Crippen LogP contribution in [0.15, 0.2) is 361 Å². The zero-order valence-electron chi connectivity index (χ0n) is 85.6. The molecule has 0 bridgehead atoms. The van der Waals surface area contributed by atoms with Crippen LogP contribution in [0.2, 0.25) is 0 Å². The van der Waals surface area contributed by atoms with Gasteiger partial charge in [-0.3, -0.25) is 0 Å². The van der Waals surface area contributed by atoms with Crippen LogP contribution in [-0.4, -0.2) is 104 Å². The minimum Gasteiger partial charge on any atom is 0 e. The van der Waals surface area contributed by atoms with Crippen molar-refractivity contribution in [2.45, 2.75) is 157 Å². The fraction of sp³-hybridized carbons (Fsp3) is 0.188. The molecule has 145 heavy (non-hydrogen) atoms. The molecule has 0 amide bonds. The van der Waals surface area contributed by atoms with Gasteiger partial charge in [0.25, 0.3) is 0 Å². The van der Waals surface area contributed by atoms with Crippen molar-refractivity contribution in [1.29, 1.82) is 0 Å². The molecule has 0 spiro atoms. The number of fused-ring (bicyclic) bond motifs is 6. The van der Waals surface area contributed by atoms with E-state index in [-0.39, 0.29) is 76.6 Å². The fourth-order valence-corrected chi connectivity index (χ4v) is 18.6. The number of phenolic OH excluding ortho intramolecular Hbond substituents is 4. The third-order valence-electron chi connectivity index (χ3n) is 26.7. The average molecular weight is 2380 g/mol. The number of benzene rings is 14. The first kappa shape index (κ1) is 108. The van der Waals surface area contributed by atoms with E-state index in [1.54, 1.807) is 24.3 Å². The molecule has 20 rings (SSSR count). The van der Waals surface area contributed by atoms with Gasteiger partial charge in [0, 0.05) is 64.9 Å². The van der Waals surface area contributed by atoms with Crippen LogP contribution in [0.4, 0.5) is 0 Å². The molecule has 0 fully saturated rings. The normalized spacial score (nSPS) is 12.0. The van der Waals surface area contributed by atoms with E-state index in [2.05, 4.69) is 319 Å². The Bertz CT molecular complexity index is 7530. The van der Waals surface area contributed by atoms with Crippen LogP contribution in [0.3, 0.4) is 0 Å². The summed E-state index contributed by atoms with van der Waals surface area (Å²) in [4.78, 5) is 21.1. The third-order valence-corrected chi connectivity index (χ3v) is 26.7. The number of furan rings is 2. The summed E-state index contributed by atoms with van der Waals surface area (Å²) >= 11 is 0.648. The largest absolute Gasteiger partial charge is 0 e. The third kappa shape index (κ3) is 24.3. The molecule has 0 aliphatic carbocycles. The zero-order valence-corrected chi connectivity index (χ0v) is 98.7. The van der Waals surface area contributed by atoms with Crippen molar-refractivity contribution in [3.8, 4) is 180 Å². The molecule has 0 atom stereocenters. The molecule has 727 valence electrons. The van der Waals surface area contributed by atoms with E-state index in [4.69, 9.17) is 57.0 Å². The molecular weight excluding hydrogens is 2260 g/mol. The Balaban J connectivity index is 0.000000196. The molecule has 14 aromatic carbocycles. The summed E-state index contributed by atoms with van der Waals surface area (Å²) in [5.41, 5.74) is 33.7. The van der Waals surface area contributed by atoms with Crippen LogP contribution >= 0.6 is 28.3 Å². The Kier molecular flexibility index (Phi) is 33.0. The summed E-state index contributed by atoms with van der Waals surface area (Å²) in [6, 6.07) is 120. The second-order valence-corrected chi connectivity index (χ2v) is 52.9. The van der Waals surface area contributed by atoms with Crippen molar-refractivity contribution in [1.82, 2.24) is 19.9 Å². The molecule has 0 aliphatic rings. The van der Waals surface area contributed by atoms with Crippen LogP contribution in [0.1, 0.15) is 158 Å². The Hall–Kier alpha value is -10.0. The Morgan fingerprint density at radius 2 is 0.455 bits per heavy atom. The van der Waals surface area contributed by atoms with Gasteiger partial charge in [0.1, 0.15) is 45.3 Å². The molecule has 6 aromatic heterocycles. The molecule has 17 heteroatoms. The van der Waals surface area contributed by atoms with Crippen LogP contribution in [0.5, 0.6) is 23.0 Å². The number of aromatic hydroxyl groups is 4. The minimum atomic E-state index is -1.85. The predicted molar refractivity (Wildman–Crippen MR) is 603 cm³/mol. The molecule has 10 nitrogen and oxygen atoms in total. The van der Waals surface area contributed by atoms with E-state index in [1.807, 2.05) is 133 Å². The summed E-state index contributed by atoms with van der Waals surface area (Å²) in [6.07, 6.45) is 0. The Morgan fingerprint density at radius 1 is 0.207 bits per heavy atom. The number of hydrogen-bond acceptors (Lipinski definition) is 10. The van der Waals surface area contributed by atoms with Crippen molar-refractivity contribution in [2.24, 2.45) is 0 Å². The second kappa shape index (κ2) is 44.4. The maximum atomic E-state index is 11.8. The molecule has 0 unspecified atom stereocenters. The summed E-state index contributed by atoms with van der Waals surface area (Å²) in [5.74, 6) is 0.453. The summed E-state index contributed by atoms with van der Waals surface area (Å²) < 4.78 is 12.7. The SMILES string of the molecule is CC(C)(C)c1cc(-c2cc(-c3cccc(-c4cc(-c5c(-c6ccccc6)cc(C(C)(C)C)cc5-c5ccccc5)ccc4O)n3)nc(-c3cc4oc5ccccc5c4cc3O)c2)cc(C(C)(C)C)c1.CC(C)(C)c1cc(-c2cc(-c3cccc(-c4cc(-c5c(-c6ccccc6)cc(C(C)(C)C)cc5-c5ccccc5)ccc4O)n3)nc(-c3cc4oc5ccccc5c4cc3O)c2)cc(C(C)(C)C)c1.[Cl][Pt]([Cl])[Cl].[K][K].[Pt]. The van der Waals surface area contributed by atoms with Gasteiger partial charge >= 0.3 is 106 Å². The molecule has 4 N–H and O–H groups in total. The van der Waals surface area contributed by atoms with Gasteiger partial charge in [-0.15, -0.1) is 0 Å². The Morgan fingerprint density at radius 3 is 0.752 bits per heavy atom. The number of nitrogens with zero attached hydrogens (tertiary/aromatic N) is 4.